The molecule has 18 heavy (non-hydrogen) atoms. The number of aliphatic carboxylic acids is 1. The zero-order valence-corrected chi connectivity index (χ0v) is 9.91. The first-order chi connectivity index (χ1) is 8.57. The lowest BCUT2D eigenvalue weighted by Gasteiger charge is -2.25. The van der Waals surface area contributed by atoms with Gasteiger partial charge < -0.3 is 10.0 Å². The third-order valence-corrected chi connectivity index (χ3v) is 2.48. The van der Waals surface area contributed by atoms with Crippen molar-refractivity contribution in [1.29, 1.82) is 5.26 Å². The first kappa shape index (κ1) is 13.6. The van der Waals surface area contributed by atoms with E-state index in [2.05, 4.69) is 4.98 Å². The van der Waals surface area contributed by atoms with Crippen LogP contribution in [-0.4, -0.2) is 39.5 Å². The molecule has 1 N–H and O–H groups in total. The predicted octanol–water partition coefficient (Wildman–Crippen LogP) is 0.911. The Morgan fingerprint density at radius 3 is 2.61 bits per heavy atom. The minimum absolute atomic E-state index is 0.0884. The van der Waals surface area contributed by atoms with Crippen LogP contribution in [0.1, 0.15) is 23.7 Å². The summed E-state index contributed by atoms with van der Waals surface area (Å²) in [5.41, 5.74) is 0.357. The molecular weight excluding hydrogens is 234 g/mol. The van der Waals surface area contributed by atoms with Crippen LogP contribution in [0.3, 0.4) is 0 Å². The molecule has 0 aliphatic rings. The van der Waals surface area contributed by atoms with Gasteiger partial charge in [0, 0.05) is 24.5 Å². The topological polar surface area (TPSA) is 94.3 Å². The summed E-state index contributed by atoms with van der Waals surface area (Å²) in [5.74, 6) is -1.52. The van der Waals surface area contributed by atoms with Gasteiger partial charge in [-0.3, -0.25) is 9.78 Å². The number of nitrogens with zero attached hydrogens (tertiary/aromatic N) is 3. The molecule has 6 nitrogen and oxygen atoms in total. The summed E-state index contributed by atoms with van der Waals surface area (Å²) in [6.45, 7) is 1.50. The normalized spacial score (nSPS) is 11.3. The lowest BCUT2D eigenvalue weighted by molar-refractivity contribution is -0.141. The second-order valence-electron chi connectivity index (χ2n) is 3.66. The highest BCUT2D eigenvalue weighted by Gasteiger charge is 2.25. The molecule has 1 heterocycles. The summed E-state index contributed by atoms with van der Waals surface area (Å²) in [5, 5.41) is 17.5. The van der Waals surface area contributed by atoms with Gasteiger partial charge in [-0.25, -0.2) is 4.79 Å². The minimum Gasteiger partial charge on any atom is -0.480 e. The molecule has 0 radical (unpaired) electrons. The van der Waals surface area contributed by atoms with E-state index in [1.54, 1.807) is 0 Å². The number of rotatable bonds is 5. The van der Waals surface area contributed by atoms with E-state index < -0.39 is 17.9 Å². The molecule has 0 bridgehead atoms. The number of pyridine rings is 1. The minimum atomic E-state index is -1.10. The monoisotopic (exact) mass is 247 g/mol. The summed E-state index contributed by atoms with van der Waals surface area (Å²) in [6.07, 6.45) is 3.01. The third kappa shape index (κ3) is 3.28. The molecule has 0 spiro atoms. The Morgan fingerprint density at radius 1 is 1.50 bits per heavy atom. The van der Waals surface area contributed by atoms with Crippen molar-refractivity contribution in [2.75, 3.05) is 6.54 Å². The lowest BCUT2D eigenvalue weighted by atomic mass is 10.2. The van der Waals surface area contributed by atoms with Crippen molar-refractivity contribution in [3.05, 3.63) is 30.1 Å². The second-order valence-corrected chi connectivity index (χ2v) is 3.66. The van der Waals surface area contributed by atoms with Gasteiger partial charge in [0.25, 0.3) is 5.91 Å². The Bertz CT molecular complexity index is 467. The van der Waals surface area contributed by atoms with Crippen molar-refractivity contribution in [2.24, 2.45) is 0 Å². The first-order valence-electron chi connectivity index (χ1n) is 5.38. The quantitative estimate of drug-likeness (QED) is 0.834. The highest BCUT2D eigenvalue weighted by atomic mass is 16.4. The van der Waals surface area contributed by atoms with Gasteiger partial charge >= 0.3 is 5.97 Å². The molecule has 0 aliphatic carbocycles. The number of nitriles is 1. The summed E-state index contributed by atoms with van der Waals surface area (Å²) in [4.78, 5) is 28.0. The molecular formula is C12H13N3O3. The molecule has 1 rings (SSSR count). The molecule has 1 unspecified atom stereocenters. The van der Waals surface area contributed by atoms with Crippen molar-refractivity contribution < 1.29 is 14.7 Å². The van der Waals surface area contributed by atoms with E-state index in [0.717, 1.165) is 0 Å². The lowest BCUT2D eigenvalue weighted by Crippen LogP contribution is -2.43. The van der Waals surface area contributed by atoms with Crippen molar-refractivity contribution in [3.8, 4) is 6.07 Å². The van der Waals surface area contributed by atoms with Crippen LogP contribution in [0.4, 0.5) is 0 Å². The standard InChI is InChI=1S/C12H13N3O3/c1-9(12(17)18)15(8-2-5-13)11(16)10-3-6-14-7-4-10/h3-4,6-7,9H,2,8H2,1H3,(H,17,18). The van der Waals surface area contributed by atoms with Crippen LogP contribution in [-0.2, 0) is 4.79 Å². The number of carboxylic acid groups (broad SMARTS) is 1. The van der Waals surface area contributed by atoms with E-state index in [-0.39, 0.29) is 13.0 Å². The number of aromatic nitrogens is 1. The number of carboxylic acids is 1. The van der Waals surface area contributed by atoms with E-state index >= 15 is 0 Å². The summed E-state index contributed by atoms with van der Waals surface area (Å²) >= 11 is 0. The Labute approximate surface area is 104 Å². The molecule has 0 aromatic carbocycles. The number of hydrogen-bond donors (Lipinski definition) is 1. The fraction of sp³-hybridized carbons (Fsp3) is 0.333. The molecule has 1 aromatic heterocycles. The predicted molar refractivity (Wildman–Crippen MR) is 62.6 cm³/mol. The maximum atomic E-state index is 12.1. The van der Waals surface area contributed by atoms with Gasteiger partial charge in [-0.2, -0.15) is 5.26 Å². The van der Waals surface area contributed by atoms with Crippen LogP contribution in [0.5, 0.6) is 0 Å². The molecule has 94 valence electrons. The Hall–Kier alpha value is -2.42. The van der Waals surface area contributed by atoms with Crippen molar-refractivity contribution in [3.63, 3.8) is 0 Å². The molecule has 0 saturated carbocycles. The molecule has 6 heteroatoms. The zero-order chi connectivity index (χ0) is 13.5. The zero-order valence-electron chi connectivity index (χ0n) is 9.91. The Morgan fingerprint density at radius 2 is 2.11 bits per heavy atom. The van der Waals surface area contributed by atoms with Crippen LogP contribution in [0.25, 0.3) is 0 Å². The molecule has 1 aromatic rings. The van der Waals surface area contributed by atoms with Crippen molar-refractivity contribution in [2.45, 2.75) is 19.4 Å². The molecule has 1 atom stereocenters. The number of amides is 1. The van der Waals surface area contributed by atoms with Crippen molar-refractivity contribution in [1.82, 2.24) is 9.88 Å². The van der Waals surface area contributed by atoms with Crippen LogP contribution in [0.15, 0.2) is 24.5 Å². The van der Waals surface area contributed by atoms with E-state index in [1.165, 1.54) is 36.4 Å². The number of hydrogen-bond acceptors (Lipinski definition) is 4. The van der Waals surface area contributed by atoms with Gasteiger partial charge in [0.1, 0.15) is 6.04 Å². The molecule has 0 aliphatic heterocycles. The number of carbonyl (C=O) groups is 2. The Kier molecular flexibility index (Phi) is 4.81. The van der Waals surface area contributed by atoms with E-state index in [9.17, 15) is 9.59 Å². The van der Waals surface area contributed by atoms with Crippen LogP contribution >= 0.6 is 0 Å². The SMILES string of the molecule is CC(C(=O)O)N(CCC#N)C(=O)c1ccncc1. The summed E-state index contributed by atoms with van der Waals surface area (Å²) in [6, 6.07) is 3.95. The number of carbonyl (C=O) groups excluding carboxylic acids is 1. The van der Waals surface area contributed by atoms with Crippen molar-refractivity contribution >= 4 is 11.9 Å². The summed E-state index contributed by atoms with van der Waals surface area (Å²) < 4.78 is 0. The fourth-order valence-corrected chi connectivity index (χ4v) is 1.44. The van der Waals surface area contributed by atoms with E-state index in [1.807, 2.05) is 6.07 Å². The molecule has 0 fully saturated rings. The average Bonchev–Trinajstić information content (AvgIpc) is 2.39. The summed E-state index contributed by atoms with van der Waals surface area (Å²) in [7, 11) is 0. The fourth-order valence-electron chi connectivity index (χ4n) is 1.44. The largest absolute Gasteiger partial charge is 0.480 e. The van der Waals surface area contributed by atoms with Crippen LogP contribution in [0.2, 0.25) is 0 Å². The first-order valence-corrected chi connectivity index (χ1v) is 5.38. The van der Waals surface area contributed by atoms with E-state index in [4.69, 9.17) is 10.4 Å². The van der Waals surface area contributed by atoms with Gasteiger partial charge in [-0.15, -0.1) is 0 Å². The second kappa shape index (κ2) is 6.35. The van der Waals surface area contributed by atoms with Gasteiger partial charge in [0.05, 0.1) is 12.5 Å². The van der Waals surface area contributed by atoms with Gasteiger partial charge in [-0.1, -0.05) is 0 Å². The maximum Gasteiger partial charge on any atom is 0.326 e. The molecule has 0 saturated heterocycles. The van der Waals surface area contributed by atoms with Gasteiger partial charge in [-0.05, 0) is 19.1 Å². The molecule has 1 amide bonds. The van der Waals surface area contributed by atoms with Gasteiger partial charge in [0.2, 0.25) is 0 Å². The highest BCUT2D eigenvalue weighted by Crippen LogP contribution is 2.09. The van der Waals surface area contributed by atoms with Crippen LogP contribution in [0, 0.1) is 11.3 Å². The highest BCUT2D eigenvalue weighted by molar-refractivity contribution is 5.96. The maximum absolute atomic E-state index is 12.1. The third-order valence-electron chi connectivity index (χ3n) is 2.48. The average molecular weight is 247 g/mol. The van der Waals surface area contributed by atoms with Crippen LogP contribution < -0.4 is 0 Å². The van der Waals surface area contributed by atoms with Gasteiger partial charge in [0.15, 0.2) is 0 Å². The van der Waals surface area contributed by atoms with E-state index in [0.29, 0.717) is 5.56 Å². The smallest absolute Gasteiger partial charge is 0.326 e. The Balaban J connectivity index is 2.93.